The van der Waals surface area contributed by atoms with Crippen molar-refractivity contribution in [1.29, 1.82) is 5.26 Å². The number of pyridine rings is 2. The number of nitrogens with zero attached hydrogens (tertiary/aromatic N) is 4. The Morgan fingerprint density at radius 3 is 2.17 bits per heavy atom. The molecular weight excluding hydrogens is 675 g/mol. The smallest absolute Gasteiger partial charge is 0.308 e. The van der Waals surface area contributed by atoms with Gasteiger partial charge < -0.3 is 5.32 Å². The summed E-state index contributed by atoms with van der Waals surface area (Å²) in [5.74, 6) is 1.64. The summed E-state index contributed by atoms with van der Waals surface area (Å²) in [6.45, 7) is 16.3. The Balaban J connectivity index is 0.000000204. The molecule has 2 aliphatic carbocycles. The van der Waals surface area contributed by atoms with Crippen LogP contribution in [0.15, 0.2) is 41.5 Å². The van der Waals surface area contributed by atoms with Gasteiger partial charge in [0.1, 0.15) is 34.6 Å². The van der Waals surface area contributed by atoms with E-state index in [1.54, 1.807) is 6.20 Å². The fourth-order valence-corrected chi connectivity index (χ4v) is 7.47. The fraction of sp³-hybridized carbons (Fsp3) is 0.535. The van der Waals surface area contributed by atoms with Gasteiger partial charge in [-0.2, -0.15) is 18.4 Å². The van der Waals surface area contributed by atoms with Crippen LogP contribution in [-0.2, 0) is 15.8 Å². The number of nitrogens with one attached hydrogen (secondary N) is 1. The highest BCUT2D eigenvalue weighted by molar-refractivity contribution is 6.15. The third-order valence-electron chi connectivity index (χ3n) is 10.6. The van der Waals surface area contributed by atoms with Crippen molar-refractivity contribution < 1.29 is 22.8 Å². The van der Waals surface area contributed by atoms with Gasteiger partial charge in [0.2, 0.25) is 0 Å². The van der Waals surface area contributed by atoms with Crippen molar-refractivity contribution in [2.75, 3.05) is 0 Å². The molecule has 3 heterocycles. The maximum absolute atomic E-state index is 13.1. The molecule has 2 atom stereocenters. The Morgan fingerprint density at radius 1 is 1.00 bits per heavy atom. The molecule has 1 aromatic carbocycles. The normalized spacial score (nSPS) is 19.0. The van der Waals surface area contributed by atoms with Crippen LogP contribution in [0.2, 0.25) is 0 Å². The van der Waals surface area contributed by atoms with Gasteiger partial charge in [-0.1, -0.05) is 53.2 Å². The van der Waals surface area contributed by atoms with Gasteiger partial charge >= 0.3 is 6.18 Å². The van der Waals surface area contributed by atoms with Crippen LogP contribution in [0.1, 0.15) is 143 Å². The third-order valence-corrected chi connectivity index (χ3v) is 10.6. The molecule has 2 saturated carbocycles. The van der Waals surface area contributed by atoms with Crippen LogP contribution >= 0.6 is 0 Å². The van der Waals surface area contributed by atoms with E-state index in [1.165, 1.54) is 6.07 Å². The maximum atomic E-state index is 13.1. The molecule has 0 bridgehead atoms. The van der Waals surface area contributed by atoms with Crippen LogP contribution in [0, 0.1) is 49.9 Å². The molecule has 53 heavy (non-hydrogen) atoms. The number of aryl methyl sites for hydroxylation is 3. The van der Waals surface area contributed by atoms with Crippen molar-refractivity contribution in [2.24, 2.45) is 22.7 Å². The number of Topliss-reactive ketones (excluding diaryl/α,β-unsaturated/α-hetero) is 1. The van der Waals surface area contributed by atoms with Crippen LogP contribution in [0.25, 0.3) is 11.1 Å². The van der Waals surface area contributed by atoms with E-state index in [0.717, 1.165) is 78.0 Å². The molecular formula is C43H52F3N5O2. The van der Waals surface area contributed by atoms with Gasteiger partial charge in [0.15, 0.2) is 0 Å². The van der Waals surface area contributed by atoms with E-state index in [9.17, 15) is 22.8 Å². The zero-order chi connectivity index (χ0) is 38.8. The molecule has 10 heteroatoms. The van der Waals surface area contributed by atoms with Crippen molar-refractivity contribution in [1.82, 2.24) is 15.3 Å². The molecule has 7 nitrogen and oxygen atoms in total. The molecule has 282 valence electrons. The van der Waals surface area contributed by atoms with Gasteiger partial charge in [0.05, 0.1) is 5.69 Å². The number of benzene rings is 1. The van der Waals surface area contributed by atoms with E-state index in [2.05, 4.69) is 61.2 Å². The predicted octanol–water partition coefficient (Wildman–Crippen LogP) is 10.1. The van der Waals surface area contributed by atoms with E-state index in [0.29, 0.717) is 53.2 Å². The third kappa shape index (κ3) is 9.05. The standard InChI is InChI=1S/C23H26N2O.C20H26F3N3O/c1-13(2)23(26)22(17-6-7-17)18-9-15(4)21(16(5)10-18)19-8-14(3)20(11-24)25-12-19;1-4-10-19(11-9-12(2)3)18(27)25-17(26-19)14-7-8-15(20(21,22)23)24-16(14)13-5-6-13/h8-10,12-13,17,22H,6-7H2,1-5H3;7-8,12-13H,4-6,9-11H2,1-3H3,(H,25,26,27). The molecule has 0 radical (unpaired) electrons. The summed E-state index contributed by atoms with van der Waals surface area (Å²) in [6, 6.07) is 10.9. The minimum atomic E-state index is -4.48. The van der Waals surface area contributed by atoms with Crippen LogP contribution in [0.3, 0.4) is 0 Å². The second-order valence-corrected chi connectivity index (χ2v) is 15.9. The first kappa shape index (κ1) is 39.8. The largest absolute Gasteiger partial charge is 0.433 e. The highest BCUT2D eigenvalue weighted by Gasteiger charge is 2.44. The number of hydrogen-bond acceptors (Lipinski definition) is 6. The van der Waals surface area contributed by atoms with Crippen LogP contribution in [-0.4, -0.2) is 33.0 Å². The second-order valence-electron chi connectivity index (χ2n) is 15.9. The summed E-state index contributed by atoms with van der Waals surface area (Å²) in [5, 5.41) is 11.9. The summed E-state index contributed by atoms with van der Waals surface area (Å²) in [5.41, 5.74) is 6.23. The topological polar surface area (TPSA) is 108 Å². The Bertz CT molecular complexity index is 1910. The number of aliphatic imine (C=N–C) groups is 1. The zero-order valence-electron chi connectivity index (χ0n) is 32.2. The van der Waals surface area contributed by atoms with Gasteiger partial charge in [0, 0.05) is 35.1 Å². The average Bonchev–Trinajstić information content (AvgIpc) is 4.03. The zero-order valence-corrected chi connectivity index (χ0v) is 32.2. The Morgan fingerprint density at radius 2 is 1.66 bits per heavy atom. The molecule has 6 rings (SSSR count). The number of carbonyl (C=O) groups excluding carboxylic acids is 2. The molecule has 3 aliphatic rings. The number of amides is 1. The van der Waals surface area contributed by atoms with Crippen molar-refractivity contribution in [3.05, 3.63) is 81.4 Å². The van der Waals surface area contributed by atoms with Gasteiger partial charge in [0.25, 0.3) is 5.91 Å². The first-order valence-electron chi connectivity index (χ1n) is 19.0. The fourth-order valence-electron chi connectivity index (χ4n) is 7.47. The van der Waals surface area contributed by atoms with Crippen LogP contribution < -0.4 is 5.32 Å². The van der Waals surface area contributed by atoms with Crippen LogP contribution in [0.5, 0.6) is 0 Å². The predicted molar refractivity (Wildman–Crippen MR) is 202 cm³/mol. The summed E-state index contributed by atoms with van der Waals surface area (Å²) in [6.07, 6.45) is 4.18. The molecule has 0 saturated heterocycles. The lowest BCUT2D eigenvalue weighted by molar-refractivity contribution is -0.141. The SMILES string of the molecule is CCCC1(CCC(C)C)N=C(c2ccc(C(F)(F)F)nc2C2CC2)NC1=O.Cc1cc(-c2c(C)cc(C(C(=O)C(C)C)C3CC3)cc2C)cnc1C#N. The van der Waals surface area contributed by atoms with E-state index in [4.69, 9.17) is 10.3 Å². The molecule has 2 fully saturated rings. The monoisotopic (exact) mass is 727 g/mol. The Kier molecular flexibility index (Phi) is 12.0. The minimum absolute atomic E-state index is 0.0127. The lowest BCUT2D eigenvalue weighted by Crippen LogP contribution is -2.40. The first-order valence-corrected chi connectivity index (χ1v) is 19.0. The minimum Gasteiger partial charge on any atom is -0.308 e. The second kappa shape index (κ2) is 15.9. The number of alkyl halides is 3. The Labute approximate surface area is 311 Å². The summed E-state index contributed by atoms with van der Waals surface area (Å²) >= 11 is 0. The number of aromatic nitrogens is 2. The summed E-state index contributed by atoms with van der Waals surface area (Å²) in [4.78, 5) is 38.5. The average molecular weight is 728 g/mol. The number of carbonyl (C=O) groups is 2. The van der Waals surface area contributed by atoms with Crippen molar-refractivity contribution in [3.63, 3.8) is 0 Å². The lowest BCUT2D eigenvalue weighted by atomic mass is 9.82. The van der Waals surface area contributed by atoms with Gasteiger partial charge in [-0.25, -0.2) is 9.97 Å². The molecule has 1 aliphatic heterocycles. The van der Waals surface area contributed by atoms with E-state index >= 15 is 0 Å². The summed E-state index contributed by atoms with van der Waals surface area (Å²) in [7, 11) is 0. The van der Waals surface area contributed by atoms with Crippen molar-refractivity contribution in [2.45, 2.75) is 130 Å². The highest BCUT2D eigenvalue weighted by atomic mass is 19.4. The maximum Gasteiger partial charge on any atom is 0.433 e. The van der Waals surface area contributed by atoms with Gasteiger partial charge in [-0.15, -0.1) is 0 Å². The number of ketones is 1. The van der Waals surface area contributed by atoms with Crippen LogP contribution in [0.4, 0.5) is 13.2 Å². The van der Waals surface area contributed by atoms with Crippen molar-refractivity contribution >= 4 is 17.5 Å². The summed E-state index contributed by atoms with van der Waals surface area (Å²) < 4.78 is 39.2. The Hall–Kier alpha value is -4.39. The number of nitriles is 1. The van der Waals surface area contributed by atoms with E-state index in [-0.39, 0.29) is 23.7 Å². The quantitative estimate of drug-likeness (QED) is 0.200. The lowest BCUT2D eigenvalue weighted by Gasteiger charge is -2.23. The van der Waals surface area contributed by atoms with Crippen molar-refractivity contribution in [3.8, 4) is 17.2 Å². The molecule has 1 amide bonds. The van der Waals surface area contributed by atoms with Gasteiger partial charge in [-0.3, -0.25) is 14.6 Å². The van der Waals surface area contributed by atoms with E-state index < -0.39 is 17.4 Å². The van der Waals surface area contributed by atoms with Gasteiger partial charge in [-0.05, 0) is 124 Å². The first-order chi connectivity index (χ1) is 25.0. The molecule has 2 unspecified atom stereocenters. The molecule has 0 spiro atoms. The highest BCUT2D eigenvalue weighted by Crippen LogP contribution is 2.46. The number of halogens is 3. The van der Waals surface area contributed by atoms with E-state index in [1.807, 2.05) is 33.8 Å². The molecule has 3 aromatic rings. The molecule has 1 N–H and O–H groups in total. The molecule has 2 aromatic heterocycles. The number of amidine groups is 1. The number of hydrogen-bond donors (Lipinski definition) is 1. The number of rotatable bonds is 12.